The molecule has 17 heavy (non-hydrogen) atoms. The second kappa shape index (κ2) is 5.38. The molecular formula is C14H25NO2. The van der Waals surface area contributed by atoms with Gasteiger partial charge in [0.05, 0.1) is 5.41 Å². The molecule has 2 fully saturated rings. The molecule has 2 saturated carbocycles. The van der Waals surface area contributed by atoms with E-state index in [-0.39, 0.29) is 17.5 Å². The summed E-state index contributed by atoms with van der Waals surface area (Å²) in [6.45, 7) is 2.70. The first-order valence-electron chi connectivity index (χ1n) is 7.07. The van der Waals surface area contributed by atoms with Gasteiger partial charge in [0.1, 0.15) is 6.10 Å². The number of nitrogens with two attached hydrogens (primary N) is 1. The Morgan fingerprint density at radius 1 is 1.24 bits per heavy atom. The molecule has 0 aliphatic heterocycles. The topological polar surface area (TPSA) is 52.3 Å². The van der Waals surface area contributed by atoms with Gasteiger partial charge in [-0.05, 0) is 57.3 Å². The Labute approximate surface area is 104 Å². The second-order valence-electron chi connectivity index (χ2n) is 5.98. The monoisotopic (exact) mass is 239 g/mol. The van der Waals surface area contributed by atoms with E-state index in [0.29, 0.717) is 6.54 Å². The van der Waals surface area contributed by atoms with Gasteiger partial charge in [-0.1, -0.05) is 6.92 Å². The highest BCUT2D eigenvalue weighted by Gasteiger charge is 2.42. The Balaban J connectivity index is 1.94. The molecule has 2 rings (SSSR count). The van der Waals surface area contributed by atoms with Crippen LogP contribution in [0, 0.1) is 11.3 Å². The number of hydrogen-bond donors (Lipinski definition) is 1. The van der Waals surface area contributed by atoms with Crippen molar-refractivity contribution in [1.82, 2.24) is 0 Å². The average molecular weight is 239 g/mol. The van der Waals surface area contributed by atoms with Crippen LogP contribution in [0.15, 0.2) is 0 Å². The van der Waals surface area contributed by atoms with Crippen LogP contribution in [0.3, 0.4) is 0 Å². The van der Waals surface area contributed by atoms with Crippen molar-refractivity contribution >= 4 is 5.97 Å². The molecule has 2 aliphatic carbocycles. The molecule has 0 aromatic rings. The number of hydrogen-bond acceptors (Lipinski definition) is 3. The van der Waals surface area contributed by atoms with Crippen LogP contribution >= 0.6 is 0 Å². The van der Waals surface area contributed by atoms with Crippen LogP contribution in [-0.4, -0.2) is 18.6 Å². The molecule has 2 aliphatic rings. The van der Waals surface area contributed by atoms with Crippen LogP contribution in [0.5, 0.6) is 0 Å². The van der Waals surface area contributed by atoms with E-state index in [1.165, 1.54) is 12.8 Å². The average Bonchev–Trinajstić information content (AvgIpc) is 2.83. The fraction of sp³-hybridized carbons (Fsp3) is 0.929. The summed E-state index contributed by atoms with van der Waals surface area (Å²) in [5.74, 6) is 0.716. The van der Waals surface area contributed by atoms with Crippen LogP contribution in [0.4, 0.5) is 0 Å². The zero-order chi connectivity index (χ0) is 12.3. The van der Waals surface area contributed by atoms with E-state index >= 15 is 0 Å². The number of esters is 1. The van der Waals surface area contributed by atoms with Crippen LogP contribution in [0.2, 0.25) is 0 Å². The maximum Gasteiger partial charge on any atom is 0.313 e. The molecule has 0 aromatic carbocycles. The molecule has 0 spiro atoms. The standard InChI is InChI=1S/C14H25NO2/c1-11-6-8-14(10-15,9-7-11)13(16)17-12-4-2-3-5-12/h11-12H,2-10,15H2,1H3. The number of rotatable bonds is 3. The van der Waals surface area contributed by atoms with Gasteiger partial charge in [0.2, 0.25) is 0 Å². The Morgan fingerprint density at radius 2 is 1.82 bits per heavy atom. The molecule has 0 saturated heterocycles. The minimum atomic E-state index is -0.366. The molecule has 0 amide bonds. The smallest absolute Gasteiger partial charge is 0.313 e. The summed E-state index contributed by atoms with van der Waals surface area (Å²) in [5, 5.41) is 0. The van der Waals surface area contributed by atoms with Crippen molar-refractivity contribution in [2.45, 2.75) is 64.4 Å². The third-order valence-electron chi connectivity index (χ3n) is 4.63. The molecule has 2 N–H and O–H groups in total. The maximum absolute atomic E-state index is 12.3. The van der Waals surface area contributed by atoms with Crippen molar-refractivity contribution in [1.29, 1.82) is 0 Å². The normalized spacial score (nSPS) is 34.8. The van der Waals surface area contributed by atoms with Gasteiger partial charge in [-0.2, -0.15) is 0 Å². The quantitative estimate of drug-likeness (QED) is 0.770. The van der Waals surface area contributed by atoms with Crippen molar-refractivity contribution < 1.29 is 9.53 Å². The molecule has 3 nitrogen and oxygen atoms in total. The molecule has 98 valence electrons. The predicted molar refractivity (Wildman–Crippen MR) is 67.5 cm³/mol. The van der Waals surface area contributed by atoms with E-state index in [1.54, 1.807) is 0 Å². The molecular weight excluding hydrogens is 214 g/mol. The Morgan fingerprint density at radius 3 is 2.35 bits per heavy atom. The largest absolute Gasteiger partial charge is 0.462 e. The molecule has 3 heteroatoms. The van der Waals surface area contributed by atoms with E-state index in [2.05, 4.69) is 6.92 Å². The lowest BCUT2D eigenvalue weighted by molar-refractivity contribution is -0.163. The molecule has 0 aromatic heterocycles. The fourth-order valence-electron chi connectivity index (χ4n) is 3.09. The minimum absolute atomic E-state index is 0.0150. The lowest BCUT2D eigenvalue weighted by Gasteiger charge is -2.36. The van der Waals surface area contributed by atoms with Gasteiger partial charge in [-0.3, -0.25) is 4.79 Å². The van der Waals surface area contributed by atoms with Crippen LogP contribution in [0.1, 0.15) is 58.3 Å². The van der Waals surface area contributed by atoms with Crippen molar-refractivity contribution in [3.05, 3.63) is 0 Å². The highest BCUT2D eigenvalue weighted by molar-refractivity contribution is 5.77. The number of ether oxygens (including phenoxy) is 1. The third kappa shape index (κ3) is 2.82. The summed E-state index contributed by atoms with van der Waals surface area (Å²) in [6.07, 6.45) is 8.70. The summed E-state index contributed by atoms with van der Waals surface area (Å²) in [5.41, 5.74) is 5.49. The van der Waals surface area contributed by atoms with E-state index < -0.39 is 0 Å². The van der Waals surface area contributed by atoms with Gasteiger partial charge in [0, 0.05) is 6.54 Å². The lowest BCUT2D eigenvalue weighted by Crippen LogP contribution is -2.43. The van der Waals surface area contributed by atoms with Crippen LogP contribution in [-0.2, 0) is 9.53 Å². The zero-order valence-corrected chi connectivity index (χ0v) is 10.9. The minimum Gasteiger partial charge on any atom is -0.462 e. The molecule has 0 heterocycles. The molecule has 0 unspecified atom stereocenters. The van der Waals surface area contributed by atoms with Gasteiger partial charge in [-0.25, -0.2) is 0 Å². The van der Waals surface area contributed by atoms with Crippen molar-refractivity contribution in [2.24, 2.45) is 17.1 Å². The highest BCUT2D eigenvalue weighted by atomic mass is 16.5. The zero-order valence-electron chi connectivity index (χ0n) is 10.9. The Kier molecular flexibility index (Phi) is 4.08. The van der Waals surface area contributed by atoms with Crippen LogP contribution in [0.25, 0.3) is 0 Å². The van der Waals surface area contributed by atoms with Gasteiger partial charge >= 0.3 is 5.97 Å². The summed E-state index contributed by atoms with van der Waals surface area (Å²) >= 11 is 0. The summed E-state index contributed by atoms with van der Waals surface area (Å²) in [7, 11) is 0. The molecule has 0 bridgehead atoms. The van der Waals surface area contributed by atoms with Gasteiger partial charge in [0.25, 0.3) is 0 Å². The SMILES string of the molecule is CC1CCC(CN)(C(=O)OC2CCCC2)CC1. The van der Waals surface area contributed by atoms with Gasteiger partial charge < -0.3 is 10.5 Å². The summed E-state index contributed by atoms with van der Waals surface area (Å²) < 4.78 is 5.66. The van der Waals surface area contributed by atoms with E-state index in [1.807, 2.05) is 0 Å². The predicted octanol–water partition coefficient (Wildman–Crippen LogP) is 2.63. The summed E-state index contributed by atoms with van der Waals surface area (Å²) in [4.78, 5) is 12.3. The fourth-order valence-corrected chi connectivity index (χ4v) is 3.09. The first-order valence-corrected chi connectivity index (χ1v) is 7.07. The second-order valence-corrected chi connectivity index (χ2v) is 5.98. The molecule has 0 radical (unpaired) electrons. The van der Waals surface area contributed by atoms with E-state index in [0.717, 1.165) is 44.4 Å². The van der Waals surface area contributed by atoms with Crippen molar-refractivity contribution in [2.75, 3.05) is 6.54 Å². The first kappa shape index (κ1) is 12.9. The van der Waals surface area contributed by atoms with Crippen molar-refractivity contribution in [3.63, 3.8) is 0 Å². The number of carbonyl (C=O) groups excluding carboxylic acids is 1. The van der Waals surface area contributed by atoms with Gasteiger partial charge in [-0.15, -0.1) is 0 Å². The highest BCUT2D eigenvalue weighted by Crippen LogP contribution is 2.40. The van der Waals surface area contributed by atoms with Crippen molar-refractivity contribution in [3.8, 4) is 0 Å². The van der Waals surface area contributed by atoms with Gasteiger partial charge in [0.15, 0.2) is 0 Å². The molecule has 0 atom stereocenters. The first-order chi connectivity index (χ1) is 8.16. The number of carbonyl (C=O) groups is 1. The lowest BCUT2D eigenvalue weighted by atomic mass is 9.71. The van der Waals surface area contributed by atoms with Crippen LogP contribution < -0.4 is 5.73 Å². The van der Waals surface area contributed by atoms with E-state index in [9.17, 15) is 4.79 Å². The third-order valence-corrected chi connectivity index (χ3v) is 4.63. The van der Waals surface area contributed by atoms with E-state index in [4.69, 9.17) is 10.5 Å². The Bertz CT molecular complexity index is 263. The maximum atomic E-state index is 12.3. The Hall–Kier alpha value is -0.570. The summed E-state index contributed by atoms with van der Waals surface area (Å²) in [6, 6.07) is 0.